The van der Waals surface area contributed by atoms with Gasteiger partial charge in [0.05, 0.1) is 11.6 Å². The van der Waals surface area contributed by atoms with Gasteiger partial charge in [-0.25, -0.2) is 0 Å². The van der Waals surface area contributed by atoms with Gasteiger partial charge in [0.2, 0.25) is 0 Å². The second kappa shape index (κ2) is 3.15. The Kier molecular flexibility index (Phi) is 3.04. The summed E-state index contributed by atoms with van der Waals surface area (Å²) in [4.78, 5) is 11.1. The molecule has 0 aliphatic heterocycles. The minimum absolute atomic E-state index is 0.190. The van der Waals surface area contributed by atoms with Gasteiger partial charge in [-0.2, -0.15) is 0 Å². The first-order valence-electron chi connectivity index (χ1n) is 4.08. The predicted octanol–water partition coefficient (Wildman–Crippen LogP) is 0.700. The fourth-order valence-corrected chi connectivity index (χ4v) is 1.09. The van der Waals surface area contributed by atoms with E-state index < -0.39 is 11.6 Å². The summed E-state index contributed by atoms with van der Waals surface area (Å²) in [5.41, 5.74) is 4.18. The maximum atomic E-state index is 11.1. The van der Waals surface area contributed by atoms with Crippen LogP contribution < -0.4 is 5.73 Å². The molecule has 0 radical (unpaired) electrons. The van der Waals surface area contributed by atoms with E-state index in [0.717, 1.165) is 0 Å². The molecule has 0 aromatic heterocycles. The van der Waals surface area contributed by atoms with Gasteiger partial charge in [-0.15, -0.1) is 0 Å². The monoisotopic (exact) mass is 173 g/mol. The van der Waals surface area contributed by atoms with Crippen molar-refractivity contribution in [2.75, 3.05) is 0 Å². The van der Waals surface area contributed by atoms with Gasteiger partial charge >= 0.3 is 0 Å². The second-order valence-electron chi connectivity index (χ2n) is 4.61. The number of aliphatic hydroxyl groups is 1. The molecule has 0 aromatic carbocycles. The number of hydrogen-bond donors (Lipinski definition) is 2. The van der Waals surface area contributed by atoms with Crippen LogP contribution >= 0.6 is 0 Å². The summed E-state index contributed by atoms with van der Waals surface area (Å²) in [6.07, 6.45) is -0.817. The van der Waals surface area contributed by atoms with Crippen LogP contribution in [-0.2, 0) is 4.79 Å². The quantitative estimate of drug-likeness (QED) is 0.646. The van der Waals surface area contributed by atoms with E-state index in [1.165, 1.54) is 6.92 Å². The lowest BCUT2D eigenvalue weighted by molar-refractivity contribution is -0.128. The summed E-state index contributed by atoms with van der Waals surface area (Å²) in [5, 5.41) is 9.74. The van der Waals surface area contributed by atoms with Crippen molar-refractivity contribution in [3.8, 4) is 0 Å². The van der Waals surface area contributed by atoms with Crippen molar-refractivity contribution < 1.29 is 9.90 Å². The van der Waals surface area contributed by atoms with Gasteiger partial charge in [-0.05, 0) is 19.3 Å². The molecule has 0 saturated carbocycles. The van der Waals surface area contributed by atoms with Gasteiger partial charge in [0.15, 0.2) is 5.78 Å². The molecule has 0 aromatic rings. The first kappa shape index (κ1) is 11.6. The van der Waals surface area contributed by atoms with E-state index in [2.05, 4.69) is 0 Å². The van der Waals surface area contributed by atoms with Crippen LogP contribution in [0.15, 0.2) is 0 Å². The zero-order valence-electron chi connectivity index (χ0n) is 8.51. The summed E-state index contributed by atoms with van der Waals surface area (Å²) < 4.78 is 0. The average molecular weight is 173 g/mol. The van der Waals surface area contributed by atoms with Crippen LogP contribution in [-0.4, -0.2) is 22.5 Å². The molecule has 0 fully saturated rings. The van der Waals surface area contributed by atoms with Crippen molar-refractivity contribution in [3.05, 3.63) is 0 Å². The fourth-order valence-electron chi connectivity index (χ4n) is 1.09. The van der Waals surface area contributed by atoms with E-state index in [0.29, 0.717) is 0 Å². The van der Waals surface area contributed by atoms with Crippen molar-refractivity contribution in [2.45, 2.75) is 46.3 Å². The maximum absolute atomic E-state index is 11.1. The van der Waals surface area contributed by atoms with Crippen LogP contribution in [0.2, 0.25) is 0 Å². The molecule has 0 saturated heterocycles. The molecule has 0 heterocycles. The van der Waals surface area contributed by atoms with Gasteiger partial charge in [0.25, 0.3) is 0 Å². The minimum Gasteiger partial charge on any atom is -0.390 e. The molecule has 2 atom stereocenters. The first-order valence-corrected chi connectivity index (χ1v) is 4.08. The minimum atomic E-state index is -1.14. The Bertz CT molecular complexity index is 179. The van der Waals surface area contributed by atoms with E-state index in [-0.39, 0.29) is 11.2 Å². The standard InChI is InChI=1S/C9H19NO2/c1-6(11)9(5,10)7(12)8(2,3)4/h7,12H,10H2,1-5H3/t7-,9+/m1/s1. The Morgan fingerprint density at radius 3 is 1.75 bits per heavy atom. The molecule has 0 aliphatic carbocycles. The van der Waals surface area contributed by atoms with Gasteiger partial charge in [-0.3, -0.25) is 4.79 Å². The predicted molar refractivity (Wildman–Crippen MR) is 48.7 cm³/mol. The van der Waals surface area contributed by atoms with Gasteiger partial charge in [0.1, 0.15) is 0 Å². The number of ketones is 1. The number of aliphatic hydroxyl groups excluding tert-OH is 1. The van der Waals surface area contributed by atoms with E-state index >= 15 is 0 Å². The summed E-state index contributed by atoms with van der Waals surface area (Å²) in [7, 11) is 0. The molecule has 0 rings (SSSR count). The molecular formula is C9H19NO2. The molecular weight excluding hydrogens is 154 g/mol. The molecule has 0 amide bonds. The lowest BCUT2D eigenvalue weighted by Gasteiger charge is -2.36. The highest BCUT2D eigenvalue weighted by Crippen LogP contribution is 2.26. The third-order valence-corrected chi connectivity index (χ3v) is 2.15. The van der Waals surface area contributed by atoms with Crippen molar-refractivity contribution >= 4 is 5.78 Å². The second-order valence-corrected chi connectivity index (χ2v) is 4.61. The Morgan fingerprint density at radius 1 is 1.33 bits per heavy atom. The van der Waals surface area contributed by atoms with Crippen LogP contribution in [0.3, 0.4) is 0 Å². The first-order chi connectivity index (χ1) is 5.10. The highest BCUT2D eigenvalue weighted by Gasteiger charge is 2.40. The van der Waals surface area contributed by atoms with Crippen molar-refractivity contribution in [1.29, 1.82) is 0 Å². The van der Waals surface area contributed by atoms with Crippen molar-refractivity contribution in [1.82, 2.24) is 0 Å². The zero-order valence-corrected chi connectivity index (χ0v) is 8.51. The van der Waals surface area contributed by atoms with E-state index in [4.69, 9.17) is 5.73 Å². The highest BCUT2D eigenvalue weighted by molar-refractivity contribution is 5.86. The summed E-state index contributed by atoms with van der Waals surface area (Å²) in [6, 6.07) is 0. The lowest BCUT2D eigenvalue weighted by Crippen LogP contribution is -2.58. The topological polar surface area (TPSA) is 63.3 Å². The molecule has 0 aliphatic rings. The molecule has 3 N–H and O–H groups in total. The molecule has 0 spiro atoms. The molecule has 0 unspecified atom stereocenters. The summed E-state index contributed by atoms with van der Waals surface area (Å²) in [5.74, 6) is -0.190. The largest absolute Gasteiger partial charge is 0.390 e. The fraction of sp³-hybridized carbons (Fsp3) is 0.889. The Labute approximate surface area is 74.0 Å². The lowest BCUT2D eigenvalue weighted by atomic mass is 9.76. The van der Waals surface area contributed by atoms with Gasteiger partial charge < -0.3 is 10.8 Å². The van der Waals surface area contributed by atoms with Crippen LogP contribution in [0.5, 0.6) is 0 Å². The third-order valence-electron chi connectivity index (χ3n) is 2.15. The number of carbonyl (C=O) groups is 1. The number of hydrogen-bond acceptors (Lipinski definition) is 3. The van der Waals surface area contributed by atoms with Gasteiger partial charge in [-0.1, -0.05) is 20.8 Å². The molecule has 0 bridgehead atoms. The molecule has 72 valence electrons. The Morgan fingerprint density at radius 2 is 1.67 bits per heavy atom. The third kappa shape index (κ3) is 2.29. The van der Waals surface area contributed by atoms with E-state index in [1.54, 1.807) is 6.92 Å². The average Bonchev–Trinajstić information content (AvgIpc) is 1.83. The number of Topliss-reactive ketones (excluding diaryl/α,β-unsaturated/α-hetero) is 1. The van der Waals surface area contributed by atoms with Gasteiger partial charge in [0, 0.05) is 0 Å². The van der Waals surface area contributed by atoms with E-state index in [9.17, 15) is 9.90 Å². The van der Waals surface area contributed by atoms with Crippen molar-refractivity contribution in [3.63, 3.8) is 0 Å². The van der Waals surface area contributed by atoms with Crippen LogP contribution in [0.1, 0.15) is 34.6 Å². The molecule has 3 nitrogen and oxygen atoms in total. The zero-order chi connectivity index (χ0) is 10.2. The maximum Gasteiger partial charge on any atom is 0.151 e. The number of rotatable bonds is 2. The highest BCUT2D eigenvalue weighted by atomic mass is 16.3. The Balaban J connectivity index is 4.69. The van der Waals surface area contributed by atoms with Crippen LogP contribution in [0, 0.1) is 5.41 Å². The SMILES string of the molecule is CC(=O)[C@](C)(N)[C@H](O)C(C)(C)C. The van der Waals surface area contributed by atoms with E-state index in [1.807, 2.05) is 20.8 Å². The van der Waals surface area contributed by atoms with Crippen LogP contribution in [0.25, 0.3) is 0 Å². The molecule has 3 heteroatoms. The van der Waals surface area contributed by atoms with Crippen molar-refractivity contribution in [2.24, 2.45) is 11.1 Å². The smallest absolute Gasteiger partial charge is 0.151 e. The van der Waals surface area contributed by atoms with Crippen LogP contribution in [0.4, 0.5) is 0 Å². The molecule has 12 heavy (non-hydrogen) atoms. The Hall–Kier alpha value is -0.410. The number of nitrogens with two attached hydrogens (primary N) is 1. The number of carbonyl (C=O) groups excluding carboxylic acids is 1. The summed E-state index contributed by atoms with van der Waals surface area (Å²) in [6.45, 7) is 8.52. The normalized spacial score (nSPS) is 19.9. The summed E-state index contributed by atoms with van der Waals surface area (Å²) >= 11 is 0.